The molecule has 14 nitrogen and oxygen atoms in total. The van der Waals surface area contributed by atoms with E-state index in [1.165, 1.54) is 20.0 Å². The van der Waals surface area contributed by atoms with Crippen molar-refractivity contribution in [2.24, 2.45) is 5.73 Å². The quantitative estimate of drug-likeness (QED) is 0.124. The molecule has 0 aromatic heterocycles. The van der Waals surface area contributed by atoms with E-state index in [2.05, 4.69) is 58.0 Å². The van der Waals surface area contributed by atoms with Crippen molar-refractivity contribution in [1.82, 2.24) is 19.6 Å². The number of carbonyl (C=O) groups is 4. The van der Waals surface area contributed by atoms with Crippen LogP contribution in [0, 0.1) is 0 Å². The summed E-state index contributed by atoms with van der Waals surface area (Å²) in [6.45, 7) is 12.2. The molecular weight excluding hydrogens is 831 g/mol. The number of likely N-dealkylation sites (N-methyl/N-ethyl adjacent to an activating group) is 2. The van der Waals surface area contributed by atoms with Crippen LogP contribution in [0.5, 0.6) is 0 Å². The molecule has 4 aromatic rings. The fourth-order valence-corrected chi connectivity index (χ4v) is 9.04. The Morgan fingerprint density at radius 3 is 1.29 bits per heavy atom. The van der Waals surface area contributed by atoms with E-state index in [-0.39, 0.29) is 30.4 Å². The zero-order valence-electron chi connectivity index (χ0n) is 39.3. The van der Waals surface area contributed by atoms with Crippen molar-refractivity contribution in [2.75, 3.05) is 126 Å². The molecule has 4 heterocycles. The number of Topliss-reactive ketones (excluding diaryl/α,β-unsaturated/α-hetero) is 1. The summed E-state index contributed by atoms with van der Waals surface area (Å²) in [5, 5.41) is 0. The lowest BCUT2D eigenvalue weighted by molar-refractivity contribution is 0.0600. The Labute approximate surface area is 391 Å². The summed E-state index contributed by atoms with van der Waals surface area (Å²) in [6.07, 6.45) is 6.56. The molecule has 4 amide bonds. The van der Waals surface area contributed by atoms with Gasteiger partial charge < -0.3 is 39.9 Å². The number of methoxy groups -OCH3 is 1. The van der Waals surface area contributed by atoms with E-state index in [0.717, 1.165) is 138 Å². The van der Waals surface area contributed by atoms with Crippen LogP contribution in [0.2, 0.25) is 0 Å². The van der Waals surface area contributed by atoms with Gasteiger partial charge in [-0.25, -0.2) is 14.4 Å². The summed E-state index contributed by atoms with van der Waals surface area (Å²) in [7, 11) is 5.68. The second-order valence-electron chi connectivity index (χ2n) is 18.0. The molecule has 4 fully saturated rings. The molecule has 0 saturated carbocycles. The molecule has 0 radical (unpaired) electrons. The van der Waals surface area contributed by atoms with Gasteiger partial charge >= 0.3 is 18.0 Å². The highest BCUT2D eigenvalue weighted by atomic mass is 16.5. The number of benzene rings is 4. The molecule has 4 saturated heterocycles. The van der Waals surface area contributed by atoms with Crippen LogP contribution in [0.1, 0.15) is 70.4 Å². The van der Waals surface area contributed by atoms with Gasteiger partial charge in [-0.15, -0.1) is 0 Å². The van der Waals surface area contributed by atoms with Crippen LogP contribution in [0.4, 0.5) is 32.3 Å². The number of carbonyl (C=O) groups excluding carboxylic acids is 4. The number of piperidine rings is 2. The van der Waals surface area contributed by atoms with Crippen molar-refractivity contribution in [3.05, 3.63) is 119 Å². The van der Waals surface area contributed by atoms with E-state index in [1.807, 2.05) is 68.1 Å². The van der Waals surface area contributed by atoms with Gasteiger partial charge in [0.05, 0.1) is 32.3 Å². The zero-order chi connectivity index (χ0) is 46.4. The first-order valence-electron chi connectivity index (χ1n) is 23.8. The summed E-state index contributed by atoms with van der Waals surface area (Å²) in [5.74, 6) is -0.439. The summed E-state index contributed by atoms with van der Waals surface area (Å²) in [6, 6.07) is 31.5. The predicted octanol–water partition coefficient (Wildman–Crippen LogP) is 7.03. The molecule has 14 heteroatoms. The highest BCUT2D eigenvalue weighted by Crippen LogP contribution is 2.29. The van der Waals surface area contributed by atoms with Crippen molar-refractivity contribution >= 4 is 46.6 Å². The lowest BCUT2D eigenvalue weighted by Crippen LogP contribution is -2.46. The minimum atomic E-state index is -0.359. The van der Waals surface area contributed by atoms with Crippen molar-refractivity contribution < 1.29 is 23.9 Å². The van der Waals surface area contributed by atoms with Crippen molar-refractivity contribution in [3.63, 3.8) is 0 Å². The van der Waals surface area contributed by atoms with Gasteiger partial charge in [-0.1, -0.05) is 48.5 Å². The minimum Gasteiger partial charge on any atom is -0.465 e. The molecule has 4 aliphatic rings. The molecule has 352 valence electrons. The molecule has 4 aromatic carbocycles. The Balaban J connectivity index is 0.000000196. The van der Waals surface area contributed by atoms with Gasteiger partial charge in [0.2, 0.25) is 0 Å². The number of ether oxygens (including phenoxy) is 1. The predicted molar refractivity (Wildman–Crippen MR) is 264 cm³/mol. The fraction of sp³-hybridized carbons (Fsp3) is 0.462. The highest BCUT2D eigenvalue weighted by molar-refractivity contribution is 5.97. The van der Waals surface area contributed by atoms with Gasteiger partial charge in [0, 0.05) is 107 Å². The number of piperazine rings is 2. The van der Waals surface area contributed by atoms with Gasteiger partial charge in [0.25, 0.3) is 0 Å². The van der Waals surface area contributed by atoms with E-state index in [0.29, 0.717) is 24.2 Å². The van der Waals surface area contributed by atoms with Crippen LogP contribution in [-0.4, -0.2) is 150 Å². The van der Waals surface area contributed by atoms with E-state index >= 15 is 0 Å². The molecule has 2 N–H and O–H groups in total. The van der Waals surface area contributed by atoms with Crippen molar-refractivity contribution in [3.8, 4) is 0 Å². The molecule has 66 heavy (non-hydrogen) atoms. The first-order valence-corrected chi connectivity index (χ1v) is 23.8. The highest BCUT2D eigenvalue weighted by Gasteiger charge is 2.27. The number of urea groups is 2. The van der Waals surface area contributed by atoms with Gasteiger partial charge in [0.1, 0.15) is 0 Å². The lowest BCUT2D eigenvalue weighted by atomic mass is 10.1. The second kappa shape index (κ2) is 23.5. The third-order valence-electron chi connectivity index (χ3n) is 13.3. The number of ketones is 1. The van der Waals surface area contributed by atoms with Crippen LogP contribution in [0.15, 0.2) is 97.1 Å². The molecule has 0 bridgehead atoms. The summed E-state index contributed by atoms with van der Waals surface area (Å²) < 4.78 is 4.80. The van der Waals surface area contributed by atoms with Crippen molar-refractivity contribution in [1.29, 1.82) is 0 Å². The average Bonchev–Trinajstić information content (AvgIpc) is 3.38. The van der Waals surface area contributed by atoms with Crippen LogP contribution in [-0.2, 0) is 17.8 Å². The number of anilines is 4. The molecule has 8 rings (SSSR count). The molecule has 0 atom stereocenters. The summed E-state index contributed by atoms with van der Waals surface area (Å²) in [5.41, 5.74) is 12.7. The second-order valence-corrected chi connectivity index (χ2v) is 18.0. The SMILES string of the molecule is CN1CCN(c2cccc(N(Cc3ccc(C(=O)CN)cc3)C(=O)N3CCCCC3)c2)CC1.COC(=O)c1ccc(CN(C(=O)N2CCCCC2)c2cccc(N3CCN(C)CC3)c2)cc1. The van der Waals surface area contributed by atoms with Crippen LogP contribution in [0.3, 0.4) is 0 Å². The Kier molecular flexibility index (Phi) is 17.1. The maximum absolute atomic E-state index is 13.6. The van der Waals surface area contributed by atoms with E-state index in [9.17, 15) is 19.2 Å². The number of hydrogen-bond donors (Lipinski definition) is 1. The molecule has 4 aliphatic heterocycles. The topological polar surface area (TPSA) is 129 Å². The first-order chi connectivity index (χ1) is 32.1. The number of hydrogen-bond acceptors (Lipinski definition) is 10. The standard InChI is InChI=1S/C26H35N5O2.C26H34N4O3/c1-28-14-16-29(17-15-28)23-6-5-7-24(18-23)31(26(33)30-12-3-2-4-13-30)20-21-8-10-22(11-9-21)25(32)19-27;1-27-15-17-28(18-16-27)23-7-6-8-24(19-23)30(26(32)29-13-4-3-5-14-29)20-21-9-11-22(12-10-21)25(31)33-2/h5-11,18H,2-4,12-17,19-20,27H2,1H3;6-12,19H,3-5,13-18,20H2,1-2H3. The van der Waals surface area contributed by atoms with Crippen LogP contribution >= 0.6 is 0 Å². The van der Waals surface area contributed by atoms with Gasteiger partial charge in [-0.3, -0.25) is 14.6 Å². The Morgan fingerprint density at radius 2 is 0.909 bits per heavy atom. The molecular formula is C52H69N9O5. The average molecular weight is 900 g/mol. The van der Waals surface area contributed by atoms with Gasteiger partial charge in [-0.05, 0) is 112 Å². The Morgan fingerprint density at radius 1 is 0.515 bits per heavy atom. The normalized spacial score (nSPS) is 17.1. The third kappa shape index (κ3) is 12.7. The maximum atomic E-state index is 13.6. The first kappa shape index (κ1) is 48.0. The van der Waals surface area contributed by atoms with Gasteiger partial charge in [0.15, 0.2) is 5.78 Å². The third-order valence-corrected chi connectivity index (χ3v) is 13.3. The van der Waals surface area contributed by atoms with Crippen LogP contribution < -0.4 is 25.3 Å². The zero-order valence-corrected chi connectivity index (χ0v) is 39.3. The molecule has 0 aliphatic carbocycles. The monoisotopic (exact) mass is 900 g/mol. The number of likely N-dealkylation sites (tertiary alicyclic amines) is 2. The Hall–Kier alpha value is -5.96. The van der Waals surface area contributed by atoms with E-state index in [1.54, 1.807) is 24.3 Å². The van der Waals surface area contributed by atoms with Crippen LogP contribution in [0.25, 0.3) is 0 Å². The molecule has 0 unspecified atom stereocenters. The Bertz CT molecular complexity index is 2050. The maximum Gasteiger partial charge on any atom is 0.337 e. The van der Waals surface area contributed by atoms with E-state index < -0.39 is 0 Å². The number of amides is 4. The molecule has 0 spiro atoms. The smallest absolute Gasteiger partial charge is 0.337 e. The fourth-order valence-electron chi connectivity index (χ4n) is 9.04. The minimum absolute atomic E-state index is 0.00198. The number of nitrogens with two attached hydrogens (primary N) is 1. The van der Waals surface area contributed by atoms with E-state index in [4.69, 9.17) is 10.5 Å². The number of esters is 1. The lowest BCUT2D eigenvalue weighted by Gasteiger charge is -2.36. The number of rotatable bonds is 11. The van der Waals surface area contributed by atoms with Gasteiger partial charge in [-0.2, -0.15) is 0 Å². The number of nitrogens with zero attached hydrogens (tertiary/aromatic N) is 8. The van der Waals surface area contributed by atoms with Crippen molar-refractivity contribution in [2.45, 2.75) is 51.6 Å². The largest absolute Gasteiger partial charge is 0.465 e. The summed E-state index contributed by atoms with van der Waals surface area (Å²) in [4.78, 5) is 68.0. The summed E-state index contributed by atoms with van der Waals surface area (Å²) >= 11 is 0.